The zero-order chi connectivity index (χ0) is 7.84. The Kier molecular flexibility index (Phi) is 1.73. The predicted octanol–water partition coefficient (Wildman–Crippen LogP) is 1.20. The summed E-state index contributed by atoms with van der Waals surface area (Å²) >= 11 is 3.32. The van der Waals surface area contributed by atoms with Gasteiger partial charge in [0, 0.05) is 18.7 Å². The van der Waals surface area contributed by atoms with Gasteiger partial charge in [0.15, 0.2) is 0 Å². The number of aromatic nitrogens is 2. The molecule has 1 aliphatic carbocycles. The van der Waals surface area contributed by atoms with E-state index >= 15 is 0 Å². The van der Waals surface area contributed by atoms with Crippen LogP contribution in [0.4, 0.5) is 0 Å². The predicted molar refractivity (Wildman–Crippen MR) is 44.2 cm³/mol. The van der Waals surface area contributed by atoms with Crippen LogP contribution in [0.5, 0.6) is 0 Å². The Morgan fingerprint density at radius 1 is 1.82 bits per heavy atom. The van der Waals surface area contributed by atoms with Gasteiger partial charge in [-0.1, -0.05) is 0 Å². The van der Waals surface area contributed by atoms with Gasteiger partial charge in [-0.25, -0.2) is 0 Å². The first-order valence-electron chi connectivity index (χ1n) is 3.62. The molecule has 11 heavy (non-hydrogen) atoms. The minimum atomic E-state index is 0.280. The smallest absolute Gasteiger partial charge is 0.0632 e. The topological polar surface area (TPSA) is 38.0 Å². The van der Waals surface area contributed by atoms with Crippen LogP contribution in [0, 0.1) is 5.92 Å². The Morgan fingerprint density at radius 3 is 3.09 bits per heavy atom. The number of hydrogen-bond acceptors (Lipinski definition) is 2. The monoisotopic (exact) mass is 216 g/mol. The van der Waals surface area contributed by atoms with E-state index in [1.807, 2.05) is 10.9 Å². The average molecular weight is 217 g/mol. The van der Waals surface area contributed by atoms with Crippen LogP contribution >= 0.6 is 15.9 Å². The third-order valence-electron chi connectivity index (χ3n) is 2.03. The third kappa shape index (κ3) is 1.32. The van der Waals surface area contributed by atoms with E-state index in [9.17, 15) is 0 Å². The van der Waals surface area contributed by atoms with Crippen molar-refractivity contribution in [1.29, 1.82) is 0 Å². The van der Waals surface area contributed by atoms with Gasteiger partial charge in [-0.15, -0.1) is 0 Å². The van der Waals surface area contributed by atoms with Crippen molar-refractivity contribution in [1.82, 2.24) is 9.78 Å². The fraction of sp³-hybridized carbons (Fsp3) is 0.571. The molecule has 0 spiro atoms. The summed E-state index contributed by atoms with van der Waals surface area (Å²) in [6, 6.07) is 0.436. The second-order valence-corrected chi connectivity index (χ2v) is 3.80. The number of aliphatic hydroxyl groups excluding tert-OH is 1. The normalized spacial score (nSPS) is 28.9. The van der Waals surface area contributed by atoms with Crippen molar-refractivity contribution in [3.63, 3.8) is 0 Å². The lowest BCUT2D eigenvalue weighted by Crippen LogP contribution is -1.98. The second kappa shape index (κ2) is 2.60. The van der Waals surface area contributed by atoms with E-state index in [-0.39, 0.29) is 6.61 Å². The molecular formula is C7H9BrN2O. The first-order chi connectivity index (χ1) is 5.31. The van der Waals surface area contributed by atoms with E-state index in [1.165, 1.54) is 0 Å². The quantitative estimate of drug-likeness (QED) is 0.808. The molecule has 3 nitrogen and oxygen atoms in total. The van der Waals surface area contributed by atoms with E-state index in [0.29, 0.717) is 12.0 Å². The summed E-state index contributed by atoms with van der Waals surface area (Å²) in [6.07, 6.45) is 4.78. The third-order valence-corrected chi connectivity index (χ3v) is 2.44. The van der Waals surface area contributed by atoms with Crippen LogP contribution in [0.2, 0.25) is 0 Å². The summed E-state index contributed by atoms with van der Waals surface area (Å²) in [4.78, 5) is 0. The van der Waals surface area contributed by atoms with Crippen molar-refractivity contribution in [2.75, 3.05) is 6.61 Å². The molecule has 1 N–H and O–H groups in total. The zero-order valence-electron chi connectivity index (χ0n) is 5.94. The van der Waals surface area contributed by atoms with Gasteiger partial charge >= 0.3 is 0 Å². The molecule has 0 aliphatic heterocycles. The van der Waals surface area contributed by atoms with Crippen LogP contribution in [0.1, 0.15) is 12.5 Å². The molecule has 4 heteroatoms. The van der Waals surface area contributed by atoms with E-state index in [0.717, 1.165) is 10.9 Å². The summed E-state index contributed by atoms with van der Waals surface area (Å²) in [5, 5.41) is 12.9. The summed E-state index contributed by atoms with van der Waals surface area (Å²) in [6.45, 7) is 0.280. The maximum atomic E-state index is 8.79. The fourth-order valence-electron chi connectivity index (χ4n) is 1.25. The SMILES string of the molecule is OCC1CC1n1cc(Br)cn1. The van der Waals surface area contributed by atoms with E-state index in [1.54, 1.807) is 6.20 Å². The molecule has 1 aliphatic rings. The van der Waals surface area contributed by atoms with Crippen molar-refractivity contribution in [3.05, 3.63) is 16.9 Å². The average Bonchev–Trinajstić information content (AvgIpc) is 2.68. The number of rotatable bonds is 2. The molecule has 1 saturated carbocycles. The molecule has 2 rings (SSSR count). The van der Waals surface area contributed by atoms with Crippen LogP contribution < -0.4 is 0 Å². The van der Waals surface area contributed by atoms with Gasteiger partial charge in [-0.2, -0.15) is 5.10 Å². The first-order valence-corrected chi connectivity index (χ1v) is 4.41. The molecular weight excluding hydrogens is 208 g/mol. The highest BCUT2D eigenvalue weighted by Gasteiger charge is 2.38. The number of aliphatic hydroxyl groups is 1. The lowest BCUT2D eigenvalue weighted by Gasteiger charge is -1.95. The van der Waals surface area contributed by atoms with Crippen molar-refractivity contribution in [2.24, 2.45) is 5.92 Å². The molecule has 1 heterocycles. The minimum absolute atomic E-state index is 0.280. The molecule has 1 aromatic heterocycles. The van der Waals surface area contributed by atoms with Crippen molar-refractivity contribution >= 4 is 15.9 Å². The van der Waals surface area contributed by atoms with E-state index in [4.69, 9.17) is 5.11 Å². The second-order valence-electron chi connectivity index (χ2n) is 2.88. The van der Waals surface area contributed by atoms with Crippen LogP contribution in [0.3, 0.4) is 0 Å². The fourth-order valence-corrected chi connectivity index (χ4v) is 1.55. The Hall–Kier alpha value is -0.350. The number of hydrogen-bond donors (Lipinski definition) is 1. The molecule has 1 fully saturated rings. The Balaban J connectivity index is 2.08. The maximum absolute atomic E-state index is 8.79. The highest BCUT2D eigenvalue weighted by molar-refractivity contribution is 9.10. The molecule has 2 unspecified atom stereocenters. The van der Waals surface area contributed by atoms with Crippen LogP contribution in [-0.2, 0) is 0 Å². The van der Waals surface area contributed by atoms with Gasteiger partial charge in [-0.3, -0.25) is 4.68 Å². The molecule has 60 valence electrons. The molecule has 0 radical (unpaired) electrons. The van der Waals surface area contributed by atoms with Crippen LogP contribution in [0.15, 0.2) is 16.9 Å². The summed E-state index contributed by atoms with van der Waals surface area (Å²) in [7, 11) is 0. The summed E-state index contributed by atoms with van der Waals surface area (Å²) in [5.41, 5.74) is 0. The van der Waals surface area contributed by atoms with E-state index < -0.39 is 0 Å². The molecule has 1 aromatic rings. The van der Waals surface area contributed by atoms with Gasteiger partial charge in [0.1, 0.15) is 0 Å². The summed E-state index contributed by atoms with van der Waals surface area (Å²) in [5.74, 6) is 0.432. The highest BCUT2D eigenvalue weighted by atomic mass is 79.9. The Morgan fingerprint density at radius 2 is 2.64 bits per heavy atom. The molecule has 0 saturated heterocycles. The largest absolute Gasteiger partial charge is 0.396 e. The van der Waals surface area contributed by atoms with Crippen molar-refractivity contribution in [3.8, 4) is 0 Å². The highest BCUT2D eigenvalue weighted by Crippen LogP contribution is 2.42. The van der Waals surface area contributed by atoms with Gasteiger partial charge in [0.25, 0.3) is 0 Å². The maximum Gasteiger partial charge on any atom is 0.0632 e. The van der Waals surface area contributed by atoms with E-state index in [2.05, 4.69) is 21.0 Å². The van der Waals surface area contributed by atoms with Crippen LogP contribution in [0.25, 0.3) is 0 Å². The van der Waals surface area contributed by atoms with Crippen molar-refractivity contribution in [2.45, 2.75) is 12.5 Å². The van der Waals surface area contributed by atoms with Crippen molar-refractivity contribution < 1.29 is 5.11 Å². The van der Waals surface area contributed by atoms with Gasteiger partial charge in [0.2, 0.25) is 0 Å². The lowest BCUT2D eigenvalue weighted by atomic mass is 10.4. The molecule has 0 amide bonds. The van der Waals surface area contributed by atoms with Gasteiger partial charge < -0.3 is 5.11 Å². The Labute approximate surface area is 73.2 Å². The molecule has 0 aromatic carbocycles. The summed E-state index contributed by atoms with van der Waals surface area (Å²) < 4.78 is 2.91. The van der Waals surface area contributed by atoms with Crippen LogP contribution in [-0.4, -0.2) is 21.5 Å². The number of halogens is 1. The zero-order valence-corrected chi connectivity index (χ0v) is 7.53. The lowest BCUT2D eigenvalue weighted by molar-refractivity contribution is 0.267. The van der Waals surface area contributed by atoms with Gasteiger partial charge in [-0.05, 0) is 22.4 Å². The first kappa shape index (κ1) is 7.31. The van der Waals surface area contributed by atoms with Gasteiger partial charge in [0.05, 0.1) is 16.7 Å². The minimum Gasteiger partial charge on any atom is -0.396 e. The molecule has 0 bridgehead atoms. The molecule has 2 atom stereocenters. The Bertz CT molecular complexity index is 261. The standard InChI is InChI=1S/C7H9BrN2O/c8-6-2-9-10(3-6)7-1-5(7)4-11/h2-3,5,7,11H,1,4H2. The number of nitrogens with zero attached hydrogens (tertiary/aromatic N) is 2.